The lowest BCUT2D eigenvalue weighted by molar-refractivity contribution is 0.374. The van der Waals surface area contributed by atoms with Crippen molar-refractivity contribution in [1.29, 1.82) is 0 Å². The molecule has 0 heterocycles. The van der Waals surface area contributed by atoms with Crippen molar-refractivity contribution in [1.82, 2.24) is 0 Å². The molecule has 224 valence electrons. The average Bonchev–Trinajstić information content (AvgIpc) is 2.90. The van der Waals surface area contributed by atoms with Gasteiger partial charge in [0.2, 0.25) is 0 Å². The van der Waals surface area contributed by atoms with Gasteiger partial charge in [-0.3, -0.25) is 0 Å². The van der Waals surface area contributed by atoms with E-state index < -0.39 is 5.41 Å². The van der Waals surface area contributed by atoms with Crippen LogP contribution in [0.3, 0.4) is 0 Å². The Hall–Kier alpha value is -2.63. The third kappa shape index (κ3) is 6.05. The number of rotatable bonds is 4. The summed E-state index contributed by atoms with van der Waals surface area (Å²) in [5.74, 6) is 0.896. The van der Waals surface area contributed by atoms with Crippen LogP contribution in [0.5, 0.6) is 0 Å². The van der Waals surface area contributed by atoms with E-state index in [1.165, 1.54) is 38.9 Å². The van der Waals surface area contributed by atoms with Crippen LogP contribution in [0.2, 0.25) is 0 Å². The molecule has 3 aromatic rings. The Labute approximate surface area is 259 Å². The highest BCUT2D eigenvalue weighted by molar-refractivity contribution is 7.10. The van der Waals surface area contributed by atoms with Crippen LogP contribution in [-0.4, -0.2) is 0 Å². The van der Waals surface area contributed by atoms with Gasteiger partial charge < -0.3 is 4.52 Å². The van der Waals surface area contributed by atoms with E-state index in [-0.39, 0.29) is 27.6 Å². The zero-order valence-electron chi connectivity index (χ0n) is 28.1. The maximum atomic E-state index is 6.25. The van der Waals surface area contributed by atoms with Crippen LogP contribution < -0.4 is 0 Å². The molecule has 1 aliphatic carbocycles. The third-order valence-corrected chi connectivity index (χ3v) is 9.20. The first-order valence-electron chi connectivity index (χ1n) is 15.4. The zero-order valence-corrected chi connectivity index (χ0v) is 29.3. The first kappa shape index (κ1) is 32.3. The second kappa shape index (κ2) is 11.1. The third-order valence-electron chi connectivity index (χ3n) is 8.92. The Bertz CT molecular complexity index is 1480. The van der Waals surface area contributed by atoms with E-state index in [1.807, 2.05) is 0 Å². The minimum atomic E-state index is -0.482. The van der Waals surface area contributed by atoms with E-state index in [0.717, 1.165) is 5.76 Å². The lowest BCUT2D eigenvalue weighted by Crippen LogP contribution is -2.39. The van der Waals surface area contributed by atoms with Crippen molar-refractivity contribution in [2.24, 2.45) is 0 Å². The van der Waals surface area contributed by atoms with Gasteiger partial charge in [0.25, 0.3) is 0 Å². The summed E-state index contributed by atoms with van der Waals surface area (Å²) in [4.78, 5) is 0. The molecule has 3 aromatic carbocycles. The van der Waals surface area contributed by atoms with Gasteiger partial charge in [0, 0.05) is 0 Å². The van der Waals surface area contributed by atoms with Crippen molar-refractivity contribution >= 4 is 9.47 Å². The van der Waals surface area contributed by atoms with Crippen molar-refractivity contribution in [2.45, 2.75) is 116 Å². The molecular weight excluding hydrogens is 527 g/mol. The van der Waals surface area contributed by atoms with Gasteiger partial charge in [0.15, 0.2) is 0 Å². The summed E-state index contributed by atoms with van der Waals surface area (Å²) >= 11 is 0. The predicted octanol–water partition coefficient (Wildman–Crippen LogP) is 11.2. The van der Waals surface area contributed by atoms with Crippen LogP contribution in [0.15, 0.2) is 90.7 Å². The maximum absolute atomic E-state index is 6.25. The average molecular weight is 581 g/mol. The lowest BCUT2D eigenvalue weighted by atomic mass is 9.57. The van der Waals surface area contributed by atoms with Crippen LogP contribution >= 0.6 is 9.47 Å². The van der Waals surface area contributed by atoms with Crippen molar-refractivity contribution < 1.29 is 4.52 Å². The molecule has 3 unspecified atom stereocenters. The summed E-state index contributed by atoms with van der Waals surface area (Å²) in [7, 11) is 2.56. The molecule has 0 spiro atoms. The normalized spacial score (nSPS) is 19.9. The van der Waals surface area contributed by atoms with Crippen molar-refractivity contribution in [3.63, 3.8) is 0 Å². The molecule has 0 radical (unpaired) electrons. The zero-order chi connectivity index (χ0) is 31.3. The molecule has 0 aliphatic heterocycles. The van der Waals surface area contributed by atoms with Crippen molar-refractivity contribution in [3.8, 4) is 0 Å². The molecule has 0 saturated carbocycles. The number of benzene rings is 3. The van der Waals surface area contributed by atoms with E-state index >= 15 is 0 Å². The number of hydrogen-bond donors (Lipinski definition) is 0. The summed E-state index contributed by atoms with van der Waals surface area (Å²) in [5.41, 5.74) is 8.88. The highest BCUT2D eigenvalue weighted by Crippen LogP contribution is 2.56. The second-order valence-electron chi connectivity index (χ2n) is 16.3. The first-order chi connectivity index (χ1) is 19.3. The Morgan fingerprint density at radius 3 is 1.64 bits per heavy atom. The second-order valence-corrected chi connectivity index (χ2v) is 16.5. The largest absolute Gasteiger partial charge is 0.484 e. The lowest BCUT2D eigenvalue weighted by Gasteiger charge is -2.46. The van der Waals surface area contributed by atoms with Crippen LogP contribution in [0, 0.1) is 0 Å². The van der Waals surface area contributed by atoms with Gasteiger partial charge in [-0.15, -0.1) is 0 Å². The fraction of sp³-hybridized carbons (Fsp3) is 0.450. The van der Waals surface area contributed by atoms with E-state index in [0.29, 0.717) is 0 Å². The van der Waals surface area contributed by atoms with E-state index in [1.54, 1.807) is 0 Å². The minimum Gasteiger partial charge on any atom is -0.484 e. The molecule has 1 nitrogen and oxygen atoms in total. The molecule has 0 bridgehead atoms. The molecule has 0 saturated heterocycles. The van der Waals surface area contributed by atoms with Gasteiger partial charge in [0.1, 0.15) is 5.76 Å². The quantitative estimate of drug-likeness (QED) is 0.279. The van der Waals surface area contributed by atoms with Crippen molar-refractivity contribution in [2.75, 3.05) is 0 Å². The standard InChI is InChI=1S/C40H53OP/c1-36(2,3)28-20-22-30(32(25-28)38(7,8)9)35-34(41-42)19-16-24-40(35,27-17-14-13-15-18-27)31-23-21-29(37(4,5)6)26-33(31)39(10,11)12/h13-26,35H,42H2,1-12H3. The van der Waals surface area contributed by atoms with Gasteiger partial charge in [-0.25, -0.2) is 0 Å². The van der Waals surface area contributed by atoms with Crippen LogP contribution in [0.25, 0.3) is 0 Å². The van der Waals surface area contributed by atoms with Crippen LogP contribution in [0.4, 0.5) is 0 Å². The van der Waals surface area contributed by atoms with E-state index in [9.17, 15) is 0 Å². The number of hydrogen-bond acceptors (Lipinski definition) is 1. The Morgan fingerprint density at radius 1 is 0.619 bits per heavy atom. The molecular formula is C40H53OP. The number of allylic oxidation sites excluding steroid dienone is 4. The molecule has 42 heavy (non-hydrogen) atoms. The fourth-order valence-corrected chi connectivity index (χ4v) is 6.73. The molecule has 0 aromatic heterocycles. The SMILES string of the molecule is CC(C)(C)c1ccc(C2C(OP)=CC=CC2(c2ccccc2)c2ccc(C(C)(C)C)cc2C(C)(C)C)c(C(C)(C)C)c1. The molecule has 0 fully saturated rings. The molecule has 0 N–H and O–H groups in total. The summed E-state index contributed by atoms with van der Waals surface area (Å²) in [6.45, 7) is 27.9. The Balaban J connectivity index is 2.19. The summed E-state index contributed by atoms with van der Waals surface area (Å²) in [6, 6.07) is 25.5. The van der Waals surface area contributed by atoms with Crippen molar-refractivity contribution in [3.05, 3.63) is 130 Å². The van der Waals surface area contributed by atoms with E-state index in [4.69, 9.17) is 4.52 Å². The van der Waals surface area contributed by atoms with Crippen LogP contribution in [0.1, 0.15) is 128 Å². The van der Waals surface area contributed by atoms with Gasteiger partial charge in [0.05, 0.1) is 20.8 Å². The monoisotopic (exact) mass is 580 g/mol. The Morgan fingerprint density at radius 2 is 1.14 bits per heavy atom. The minimum absolute atomic E-state index is 0.0523. The summed E-state index contributed by atoms with van der Waals surface area (Å²) in [5, 5.41) is 0. The molecule has 0 amide bonds. The van der Waals surface area contributed by atoms with Gasteiger partial charge in [-0.05, 0) is 66.7 Å². The fourth-order valence-electron chi connectivity index (χ4n) is 6.51. The Kier molecular flexibility index (Phi) is 8.56. The van der Waals surface area contributed by atoms with Crippen LogP contribution in [-0.2, 0) is 31.6 Å². The molecule has 2 heteroatoms. The summed E-state index contributed by atoms with van der Waals surface area (Å²) < 4.78 is 6.25. The maximum Gasteiger partial charge on any atom is 0.108 e. The van der Waals surface area contributed by atoms with E-state index in [2.05, 4.69) is 178 Å². The van der Waals surface area contributed by atoms with Gasteiger partial charge in [-0.1, -0.05) is 162 Å². The predicted molar refractivity (Wildman–Crippen MR) is 186 cm³/mol. The smallest absolute Gasteiger partial charge is 0.108 e. The molecule has 1 aliphatic rings. The first-order valence-corrected chi connectivity index (χ1v) is 15.9. The van der Waals surface area contributed by atoms with Gasteiger partial charge in [-0.2, -0.15) is 0 Å². The summed E-state index contributed by atoms with van der Waals surface area (Å²) in [6.07, 6.45) is 6.79. The highest BCUT2D eigenvalue weighted by atomic mass is 31.0. The topological polar surface area (TPSA) is 9.23 Å². The molecule has 3 atom stereocenters. The van der Waals surface area contributed by atoms with Gasteiger partial charge >= 0.3 is 0 Å². The molecule has 4 rings (SSSR count). The highest BCUT2D eigenvalue weighted by Gasteiger charge is 2.48.